The van der Waals surface area contributed by atoms with Crippen molar-refractivity contribution in [2.45, 2.75) is 5.25 Å². The van der Waals surface area contributed by atoms with Gasteiger partial charge in [-0.15, -0.1) is 0 Å². The largest absolute Gasteiger partial charge is 0.384 e. The number of aromatic nitrogens is 2. The molecule has 1 rings (SSSR count). The number of nitrogen functional groups attached to an aromatic ring is 1. The van der Waals surface area contributed by atoms with Crippen LogP contribution in [0, 0.1) is 0 Å². The number of hydrogen-bond acceptors (Lipinski definition) is 4. The summed E-state index contributed by atoms with van der Waals surface area (Å²) in [6, 6.07) is 0. The van der Waals surface area contributed by atoms with Crippen LogP contribution >= 0.6 is 11.8 Å². The molecule has 0 fully saturated rings. The van der Waals surface area contributed by atoms with Gasteiger partial charge in [0.1, 0.15) is 11.6 Å². The van der Waals surface area contributed by atoms with Gasteiger partial charge in [0, 0.05) is 6.54 Å². The number of nitrogens with one attached hydrogen (secondary N) is 1. The molecule has 0 bridgehead atoms. The third-order valence-corrected chi connectivity index (χ3v) is 2.40. The van der Waals surface area contributed by atoms with Crippen LogP contribution < -0.4 is 11.5 Å². The molecule has 5 N–H and O–H groups in total. The zero-order valence-corrected chi connectivity index (χ0v) is 7.19. The number of aromatic amines is 1. The van der Waals surface area contributed by atoms with Crippen LogP contribution in [0.15, 0.2) is 6.20 Å². The molecule has 62 valence electrons. The van der Waals surface area contributed by atoms with E-state index in [1.54, 1.807) is 18.0 Å². The smallest absolute Gasteiger partial charge is 0.122 e. The Kier molecular flexibility index (Phi) is 2.78. The van der Waals surface area contributed by atoms with E-state index in [1.165, 1.54) is 0 Å². The van der Waals surface area contributed by atoms with Crippen LogP contribution in [0.4, 0.5) is 5.82 Å². The van der Waals surface area contributed by atoms with Crippen molar-refractivity contribution in [1.82, 2.24) is 9.97 Å². The van der Waals surface area contributed by atoms with Gasteiger partial charge >= 0.3 is 0 Å². The molecular formula is C6H12N4S. The Balaban J connectivity index is 2.73. The predicted octanol–water partition coefficient (Wildman–Crippen LogP) is 0.355. The van der Waals surface area contributed by atoms with Crippen LogP contribution in [0.3, 0.4) is 0 Å². The average molecular weight is 172 g/mol. The minimum Gasteiger partial charge on any atom is -0.384 e. The van der Waals surface area contributed by atoms with Crippen molar-refractivity contribution in [2.75, 3.05) is 18.5 Å². The molecule has 0 saturated heterocycles. The maximum Gasteiger partial charge on any atom is 0.122 e. The molecule has 1 heterocycles. The summed E-state index contributed by atoms with van der Waals surface area (Å²) in [5.74, 6) is 1.45. The Hall–Kier alpha value is -0.680. The minimum absolute atomic E-state index is 0.229. The molecule has 0 aliphatic carbocycles. The number of nitrogens with two attached hydrogens (primary N) is 2. The Morgan fingerprint density at radius 3 is 2.91 bits per heavy atom. The third kappa shape index (κ3) is 1.87. The summed E-state index contributed by atoms with van der Waals surface area (Å²) in [6.07, 6.45) is 3.60. The van der Waals surface area contributed by atoms with Gasteiger partial charge in [-0.3, -0.25) is 0 Å². The third-order valence-electron chi connectivity index (χ3n) is 1.42. The van der Waals surface area contributed by atoms with E-state index in [0.717, 1.165) is 5.82 Å². The van der Waals surface area contributed by atoms with Gasteiger partial charge in [-0.05, 0) is 6.26 Å². The zero-order chi connectivity index (χ0) is 8.27. The van der Waals surface area contributed by atoms with Crippen LogP contribution in [0.1, 0.15) is 11.1 Å². The van der Waals surface area contributed by atoms with Gasteiger partial charge in [-0.2, -0.15) is 11.8 Å². The molecule has 0 amide bonds. The first-order chi connectivity index (χ1) is 5.27. The molecule has 4 nitrogen and oxygen atoms in total. The first kappa shape index (κ1) is 8.42. The van der Waals surface area contributed by atoms with Crippen LogP contribution in [0.25, 0.3) is 0 Å². The van der Waals surface area contributed by atoms with E-state index in [-0.39, 0.29) is 5.25 Å². The van der Waals surface area contributed by atoms with Gasteiger partial charge < -0.3 is 16.5 Å². The van der Waals surface area contributed by atoms with E-state index < -0.39 is 0 Å². The fraction of sp³-hybridized carbons (Fsp3) is 0.500. The number of imidazole rings is 1. The Bertz CT molecular complexity index is 218. The summed E-state index contributed by atoms with van der Waals surface area (Å²) in [6.45, 7) is 0.578. The molecule has 0 spiro atoms. The van der Waals surface area contributed by atoms with Gasteiger partial charge in [0.25, 0.3) is 0 Å². The van der Waals surface area contributed by atoms with E-state index in [4.69, 9.17) is 11.5 Å². The number of thioether (sulfide) groups is 1. The highest BCUT2D eigenvalue weighted by atomic mass is 32.2. The molecule has 1 aromatic rings. The molecule has 1 atom stereocenters. The topological polar surface area (TPSA) is 80.7 Å². The molecule has 1 unspecified atom stereocenters. The normalized spacial score (nSPS) is 13.3. The average Bonchev–Trinajstić information content (AvgIpc) is 2.39. The highest BCUT2D eigenvalue weighted by Gasteiger charge is 2.10. The number of anilines is 1. The summed E-state index contributed by atoms with van der Waals surface area (Å²) in [4.78, 5) is 7.02. The second-order valence-corrected chi connectivity index (χ2v) is 3.22. The minimum atomic E-state index is 0.229. The van der Waals surface area contributed by atoms with Gasteiger partial charge in [0.2, 0.25) is 0 Å². The van der Waals surface area contributed by atoms with Gasteiger partial charge in [0.15, 0.2) is 0 Å². The van der Waals surface area contributed by atoms with Crippen molar-refractivity contribution in [3.63, 3.8) is 0 Å². The molecule has 0 radical (unpaired) electrons. The lowest BCUT2D eigenvalue weighted by atomic mass is 10.4. The van der Waals surface area contributed by atoms with Crippen molar-refractivity contribution in [2.24, 2.45) is 5.73 Å². The zero-order valence-electron chi connectivity index (χ0n) is 6.37. The van der Waals surface area contributed by atoms with Gasteiger partial charge in [-0.1, -0.05) is 0 Å². The fourth-order valence-corrected chi connectivity index (χ4v) is 1.37. The summed E-state index contributed by atoms with van der Waals surface area (Å²) < 4.78 is 0. The van der Waals surface area contributed by atoms with Crippen molar-refractivity contribution >= 4 is 17.6 Å². The number of nitrogens with zero attached hydrogens (tertiary/aromatic N) is 1. The van der Waals surface area contributed by atoms with Crippen molar-refractivity contribution in [1.29, 1.82) is 0 Å². The monoisotopic (exact) mass is 172 g/mol. The van der Waals surface area contributed by atoms with Crippen molar-refractivity contribution in [3.8, 4) is 0 Å². The number of hydrogen-bond donors (Lipinski definition) is 3. The van der Waals surface area contributed by atoms with Crippen LogP contribution in [0.2, 0.25) is 0 Å². The molecule has 1 aromatic heterocycles. The van der Waals surface area contributed by atoms with E-state index in [1.807, 2.05) is 6.26 Å². The number of H-pyrrole nitrogens is 1. The fourth-order valence-electron chi connectivity index (χ4n) is 0.835. The molecule has 0 aromatic carbocycles. The van der Waals surface area contributed by atoms with E-state index in [0.29, 0.717) is 12.4 Å². The molecule has 0 aliphatic rings. The highest BCUT2D eigenvalue weighted by Crippen LogP contribution is 2.22. The van der Waals surface area contributed by atoms with Crippen LogP contribution in [0.5, 0.6) is 0 Å². The Morgan fingerprint density at radius 1 is 1.82 bits per heavy atom. The molecular weight excluding hydrogens is 160 g/mol. The first-order valence-electron chi connectivity index (χ1n) is 3.31. The standard InChI is InChI=1S/C6H12N4S/c1-11-4(2-7)6-9-3-5(8)10-6/h3-4H,2,7-8H2,1H3,(H,9,10). The predicted molar refractivity (Wildman–Crippen MR) is 48.3 cm³/mol. The maximum absolute atomic E-state index is 5.50. The first-order valence-corrected chi connectivity index (χ1v) is 4.60. The molecule has 11 heavy (non-hydrogen) atoms. The molecule has 5 heteroatoms. The van der Waals surface area contributed by atoms with Crippen molar-refractivity contribution < 1.29 is 0 Å². The van der Waals surface area contributed by atoms with E-state index in [2.05, 4.69) is 9.97 Å². The van der Waals surface area contributed by atoms with E-state index >= 15 is 0 Å². The van der Waals surface area contributed by atoms with Gasteiger partial charge in [-0.25, -0.2) is 4.98 Å². The second kappa shape index (κ2) is 3.64. The summed E-state index contributed by atoms with van der Waals surface area (Å²) in [5, 5.41) is 0.229. The van der Waals surface area contributed by atoms with Crippen LogP contribution in [-0.4, -0.2) is 22.8 Å². The van der Waals surface area contributed by atoms with Gasteiger partial charge in [0.05, 0.1) is 11.4 Å². The number of rotatable bonds is 3. The summed E-state index contributed by atoms with van der Waals surface area (Å²) in [7, 11) is 0. The second-order valence-electron chi connectivity index (χ2n) is 2.18. The Morgan fingerprint density at radius 2 is 2.55 bits per heavy atom. The van der Waals surface area contributed by atoms with E-state index in [9.17, 15) is 0 Å². The SMILES string of the molecule is CSC(CN)c1ncc(N)[nH]1. The lowest BCUT2D eigenvalue weighted by Gasteiger charge is -2.06. The lowest BCUT2D eigenvalue weighted by Crippen LogP contribution is -2.10. The highest BCUT2D eigenvalue weighted by molar-refractivity contribution is 7.98. The quantitative estimate of drug-likeness (QED) is 0.614. The summed E-state index contributed by atoms with van der Waals surface area (Å²) in [5.41, 5.74) is 11.0. The summed E-state index contributed by atoms with van der Waals surface area (Å²) >= 11 is 1.66. The Labute approximate surface area is 69.8 Å². The van der Waals surface area contributed by atoms with Crippen LogP contribution in [-0.2, 0) is 0 Å². The maximum atomic E-state index is 5.50. The molecule has 0 saturated carbocycles. The molecule has 0 aliphatic heterocycles. The van der Waals surface area contributed by atoms with Crippen molar-refractivity contribution in [3.05, 3.63) is 12.0 Å². The lowest BCUT2D eigenvalue weighted by molar-refractivity contribution is 0.874.